The van der Waals surface area contributed by atoms with Gasteiger partial charge in [-0.3, -0.25) is 4.79 Å². The Morgan fingerprint density at radius 2 is 2.39 bits per heavy atom. The average molecular weight is 265 g/mol. The molecule has 1 aromatic rings. The van der Waals surface area contributed by atoms with E-state index in [9.17, 15) is 4.79 Å². The topological polar surface area (TPSA) is 53.3 Å². The quantitative estimate of drug-likeness (QED) is 0.780. The lowest BCUT2D eigenvalue weighted by molar-refractivity contribution is 0.00343. The van der Waals surface area contributed by atoms with E-state index in [1.165, 1.54) is 0 Å². The number of nitriles is 1. The van der Waals surface area contributed by atoms with Gasteiger partial charge in [-0.25, -0.2) is 0 Å². The zero-order valence-electron chi connectivity index (χ0n) is 10.0. The first-order valence-corrected chi connectivity index (χ1v) is 6.07. The summed E-state index contributed by atoms with van der Waals surface area (Å²) in [6.07, 6.45) is -0.540. The third-order valence-corrected chi connectivity index (χ3v) is 3.41. The largest absolute Gasteiger partial charge is 0.360 e. The maximum atomic E-state index is 12.3. The van der Waals surface area contributed by atoms with E-state index in [4.69, 9.17) is 21.6 Å². The molecule has 1 unspecified atom stereocenters. The molecule has 0 aromatic heterocycles. The van der Waals surface area contributed by atoms with Crippen LogP contribution in [0.2, 0.25) is 5.02 Å². The second-order valence-corrected chi connectivity index (χ2v) is 4.56. The summed E-state index contributed by atoms with van der Waals surface area (Å²) in [5, 5.41) is 9.40. The lowest BCUT2D eigenvalue weighted by Gasteiger charge is -2.30. The van der Waals surface area contributed by atoms with E-state index in [1.807, 2.05) is 13.0 Å². The van der Waals surface area contributed by atoms with Crippen LogP contribution >= 0.6 is 11.6 Å². The SMILES string of the molecule is Cc1c(Cl)cccc1C(=O)N1CCOC(C#N)C1. The van der Waals surface area contributed by atoms with E-state index in [0.29, 0.717) is 30.3 Å². The molecule has 5 heteroatoms. The molecule has 1 heterocycles. The summed E-state index contributed by atoms with van der Waals surface area (Å²) in [7, 11) is 0. The Labute approximate surface area is 111 Å². The highest BCUT2D eigenvalue weighted by Crippen LogP contribution is 2.21. The molecule has 1 aromatic carbocycles. The van der Waals surface area contributed by atoms with Crippen LogP contribution in [-0.4, -0.2) is 36.6 Å². The molecular formula is C13H13ClN2O2. The van der Waals surface area contributed by atoms with Gasteiger partial charge in [0.15, 0.2) is 6.10 Å². The first-order valence-electron chi connectivity index (χ1n) is 5.69. The summed E-state index contributed by atoms with van der Waals surface area (Å²) in [5.41, 5.74) is 1.35. The molecule has 1 aliphatic heterocycles. The van der Waals surface area contributed by atoms with Gasteiger partial charge in [-0.05, 0) is 24.6 Å². The summed E-state index contributed by atoms with van der Waals surface area (Å²) in [4.78, 5) is 14.0. The first-order chi connectivity index (χ1) is 8.63. The summed E-state index contributed by atoms with van der Waals surface area (Å²) < 4.78 is 5.22. The predicted octanol–water partition coefficient (Wildman–Crippen LogP) is 2.01. The van der Waals surface area contributed by atoms with Gasteiger partial charge in [0.25, 0.3) is 5.91 Å². The van der Waals surface area contributed by atoms with Gasteiger partial charge in [0.2, 0.25) is 0 Å². The van der Waals surface area contributed by atoms with Crippen molar-refractivity contribution >= 4 is 17.5 Å². The summed E-state index contributed by atoms with van der Waals surface area (Å²) in [6.45, 7) is 3.02. The number of morpholine rings is 1. The Morgan fingerprint density at radius 3 is 3.11 bits per heavy atom. The van der Waals surface area contributed by atoms with Crippen LogP contribution in [0.5, 0.6) is 0 Å². The van der Waals surface area contributed by atoms with Gasteiger partial charge in [-0.1, -0.05) is 17.7 Å². The second-order valence-electron chi connectivity index (χ2n) is 4.15. The number of benzene rings is 1. The van der Waals surface area contributed by atoms with E-state index < -0.39 is 6.10 Å². The summed E-state index contributed by atoms with van der Waals surface area (Å²) in [5.74, 6) is -0.0986. The van der Waals surface area contributed by atoms with E-state index >= 15 is 0 Å². The summed E-state index contributed by atoms with van der Waals surface area (Å²) in [6, 6.07) is 7.28. The molecular weight excluding hydrogens is 252 g/mol. The lowest BCUT2D eigenvalue weighted by atomic mass is 10.1. The van der Waals surface area contributed by atoms with E-state index in [-0.39, 0.29) is 5.91 Å². The highest BCUT2D eigenvalue weighted by molar-refractivity contribution is 6.31. The Hall–Kier alpha value is -1.57. The highest BCUT2D eigenvalue weighted by atomic mass is 35.5. The van der Waals surface area contributed by atoms with Gasteiger partial charge in [0, 0.05) is 17.1 Å². The van der Waals surface area contributed by atoms with Crippen molar-refractivity contribution in [1.82, 2.24) is 4.90 Å². The van der Waals surface area contributed by atoms with Crippen molar-refractivity contribution < 1.29 is 9.53 Å². The van der Waals surface area contributed by atoms with Gasteiger partial charge in [0.05, 0.1) is 19.2 Å². The van der Waals surface area contributed by atoms with Crippen molar-refractivity contribution in [3.63, 3.8) is 0 Å². The number of halogens is 1. The average Bonchev–Trinajstić information content (AvgIpc) is 2.41. The molecule has 94 valence electrons. The maximum Gasteiger partial charge on any atom is 0.254 e. The molecule has 0 spiro atoms. The van der Waals surface area contributed by atoms with Crippen molar-refractivity contribution in [3.8, 4) is 6.07 Å². The van der Waals surface area contributed by atoms with Crippen LogP contribution < -0.4 is 0 Å². The first kappa shape index (κ1) is 12.9. The fourth-order valence-corrected chi connectivity index (χ4v) is 2.10. The Morgan fingerprint density at radius 1 is 1.61 bits per heavy atom. The zero-order valence-corrected chi connectivity index (χ0v) is 10.8. The Kier molecular flexibility index (Phi) is 3.85. The minimum absolute atomic E-state index is 0.0986. The van der Waals surface area contributed by atoms with Crippen LogP contribution in [0.15, 0.2) is 18.2 Å². The van der Waals surface area contributed by atoms with Gasteiger partial charge < -0.3 is 9.64 Å². The number of amides is 1. The minimum atomic E-state index is -0.540. The molecule has 1 aliphatic rings. The van der Waals surface area contributed by atoms with Crippen molar-refractivity contribution in [2.75, 3.05) is 19.7 Å². The van der Waals surface area contributed by atoms with Crippen molar-refractivity contribution in [2.24, 2.45) is 0 Å². The number of nitrogens with zero attached hydrogens (tertiary/aromatic N) is 2. The number of carbonyl (C=O) groups excluding carboxylic acids is 1. The third-order valence-electron chi connectivity index (χ3n) is 3.00. The van der Waals surface area contributed by atoms with Crippen LogP contribution in [0.25, 0.3) is 0 Å². The predicted molar refractivity (Wildman–Crippen MR) is 67.4 cm³/mol. The molecule has 1 atom stereocenters. The number of rotatable bonds is 1. The van der Waals surface area contributed by atoms with Crippen LogP contribution in [-0.2, 0) is 4.74 Å². The molecule has 18 heavy (non-hydrogen) atoms. The standard InChI is InChI=1S/C13H13ClN2O2/c1-9-11(3-2-4-12(9)14)13(17)16-5-6-18-10(7-15)8-16/h2-4,10H,5-6,8H2,1H3. The molecule has 1 saturated heterocycles. The molecule has 0 radical (unpaired) electrons. The zero-order chi connectivity index (χ0) is 13.1. The molecule has 0 aliphatic carbocycles. The third kappa shape index (κ3) is 2.47. The van der Waals surface area contributed by atoms with E-state index in [1.54, 1.807) is 23.1 Å². The highest BCUT2D eigenvalue weighted by Gasteiger charge is 2.25. The fraction of sp³-hybridized carbons (Fsp3) is 0.385. The molecule has 0 saturated carbocycles. The van der Waals surface area contributed by atoms with Gasteiger partial charge >= 0.3 is 0 Å². The second kappa shape index (κ2) is 5.38. The van der Waals surface area contributed by atoms with Gasteiger partial charge in [-0.15, -0.1) is 0 Å². The van der Waals surface area contributed by atoms with Gasteiger partial charge in [0.1, 0.15) is 0 Å². The number of ether oxygens (including phenoxy) is 1. The normalized spacial score (nSPS) is 19.4. The van der Waals surface area contributed by atoms with E-state index in [2.05, 4.69) is 0 Å². The van der Waals surface area contributed by atoms with Gasteiger partial charge in [-0.2, -0.15) is 5.26 Å². The van der Waals surface area contributed by atoms with Crippen LogP contribution in [0.4, 0.5) is 0 Å². The lowest BCUT2D eigenvalue weighted by Crippen LogP contribution is -2.45. The maximum absolute atomic E-state index is 12.3. The van der Waals surface area contributed by atoms with E-state index in [0.717, 1.165) is 5.56 Å². The molecule has 1 amide bonds. The number of hydrogen-bond acceptors (Lipinski definition) is 3. The fourth-order valence-electron chi connectivity index (χ4n) is 1.92. The Balaban J connectivity index is 2.21. The van der Waals surface area contributed by atoms with Crippen molar-refractivity contribution in [3.05, 3.63) is 34.3 Å². The van der Waals surface area contributed by atoms with Crippen molar-refractivity contribution in [1.29, 1.82) is 5.26 Å². The van der Waals surface area contributed by atoms with Crippen LogP contribution in [0, 0.1) is 18.3 Å². The van der Waals surface area contributed by atoms with Crippen LogP contribution in [0.3, 0.4) is 0 Å². The molecule has 1 fully saturated rings. The molecule has 4 nitrogen and oxygen atoms in total. The van der Waals surface area contributed by atoms with Crippen molar-refractivity contribution in [2.45, 2.75) is 13.0 Å². The van der Waals surface area contributed by atoms with Crippen LogP contribution in [0.1, 0.15) is 15.9 Å². The number of hydrogen-bond donors (Lipinski definition) is 0. The minimum Gasteiger partial charge on any atom is -0.360 e. The molecule has 2 rings (SSSR count). The molecule has 0 bridgehead atoms. The summed E-state index contributed by atoms with van der Waals surface area (Å²) >= 11 is 6.01. The Bertz CT molecular complexity index is 510. The monoisotopic (exact) mass is 264 g/mol. The number of carbonyl (C=O) groups is 1. The molecule has 0 N–H and O–H groups in total. The smallest absolute Gasteiger partial charge is 0.254 e.